The smallest absolute Gasteiger partial charge is 0.393 e. The van der Waals surface area contributed by atoms with Crippen molar-refractivity contribution < 1.29 is 33.5 Å². The number of rotatable bonds is 40. The van der Waals surface area contributed by atoms with Crippen molar-refractivity contribution in [2.75, 3.05) is 19.8 Å². The van der Waals surface area contributed by atoms with Gasteiger partial charge in [-0.2, -0.15) is 0 Å². The molecule has 53 heavy (non-hydrogen) atoms. The van der Waals surface area contributed by atoms with E-state index in [9.17, 15) is 24.5 Å². The Labute approximate surface area is 325 Å². The summed E-state index contributed by atoms with van der Waals surface area (Å²) in [7, 11) is -4.41. The van der Waals surface area contributed by atoms with Crippen LogP contribution in [0.3, 0.4) is 0 Å². The number of hydrogen-bond acceptors (Lipinski definition) is 7. The van der Waals surface area contributed by atoms with Crippen LogP contribution in [0, 0.1) is 0 Å². The first kappa shape index (κ1) is 51.7. The largest absolute Gasteiger partial charge is 0.472 e. The molecule has 0 saturated carbocycles. The first-order valence-electron chi connectivity index (χ1n) is 21.7. The molecular formula is C43H83N2O7P. The molecule has 0 spiro atoms. The molecule has 10 heteroatoms. The standard InChI is InChI=1S/C43H83N2O7P/c1-3-5-7-9-11-13-15-17-19-20-21-22-24-26-28-30-32-34-40(46)38-43(48)45-41(39-52-53(49,50)51-37-36-44)42(47)35-33-31-29-27-25-23-18-16-14-12-10-8-6-4-2/h20-21,25,27,33,35,40-42,46-47H,3-19,22-24,26,28-32,34,36-39,44H2,1-2H3,(H,45,48)(H,49,50)/b21-20-,27-25+,35-33+. The highest BCUT2D eigenvalue weighted by Gasteiger charge is 2.27. The number of nitrogens with one attached hydrogen (secondary N) is 1. The summed E-state index contributed by atoms with van der Waals surface area (Å²) < 4.78 is 22.0. The van der Waals surface area contributed by atoms with Gasteiger partial charge in [0.05, 0.1) is 37.9 Å². The van der Waals surface area contributed by atoms with Crippen molar-refractivity contribution in [2.45, 2.75) is 212 Å². The molecule has 0 fully saturated rings. The molecule has 4 unspecified atom stereocenters. The van der Waals surface area contributed by atoms with Crippen molar-refractivity contribution in [3.8, 4) is 0 Å². The topological polar surface area (TPSA) is 151 Å². The van der Waals surface area contributed by atoms with Gasteiger partial charge in [-0.05, 0) is 57.8 Å². The van der Waals surface area contributed by atoms with Gasteiger partial charge >= 0.3 is 7.82 Å². The second kappa shape index (κ2) is 38.9. The van der Waals surface area contributed by atoms with Crippen molar-refractivity contribution in [3.63, 3.8) is 0 Å². The molecule has 9 nitrogen and oxygen atoms in total. The number of amides is 1. The zero-order chi connectivity index (χ0) is 39.1. The molecular weight excluding hydrogens is 687 g/mol. The van der Waals surface area contributed by atoms with E-state index in [1.54, 1.807) is 6.08 Å². The lowest BCUT2D eigenvalue weighted by molar-refractivity contribution is -0.124. The summed E-state index contributed by atoms with van der Waals surface area (Å²) in [6, 6.07) is -1.00. The SMILES string of the molecule is CCCCCCCCCC/C=C\CCCCCCCC(O)CC(=O)NC(COP(=O)(O)OCCN)C(O)/C=C/CC/C=C/CCCCCCCCCC. The Balaban J connectivity index is 4.37. The number of aliphatic hydroxyl groups is 2. The molecule has 0 aliphatic carbocycles. The Morgan fingerprint density at radius 1 is 0.642 bits per heavy atom. The molecule has 0 aromatic rings. The summed E-state index contributed by atoms with van der Waals surface area (Å²) in [5.74, 6) is -0.461. The summed E-state index contributed by atoms with van der Waals surface area (Å²) >= 11 is 0. The zero-order valence-corrected chi connectivity index (χ0v) is 35.0. The van der Waals surface area contributed by atoms with Crippen LogP contribution in [-0.4, -0.2) is 59.0 Å². The van der Waals surface area contributed by atoms with Gasteiger partial charge in [0.15, 0.2) is 0 Å². The molecule has 0 rings (SSSR count). The third kappa shape index (κ3) is 37.4. The maximum atomic E-state index is 12.8. The highest BCUT2D eigenvalue weighted by molar-refractivity contribution is 7.47. The van der Waals surface area contributed by atoms with Crippen LogP contribution in [0.1, 0.15) is 194 Å². The van der Waals surface area contributed by atoms with Gasteiger partial charge in [-0.1, -0.05) is 166 Å². The lowest BCUT2D eigenvalue weighted by Gasteiger charge is -2.24. The Morgan fingerprint density at radius 2 is 1.08 bits per heavy atom. The second-order valence-electron chi connectivity index (χ2n) is 14.7. The Morgan fingerprint density at radius 3 is 1.57 bits per heavy atom. The van der Waals surface area contributed by atoms with Crippen LogP contribution in [0.25, 0.3) is 0 Å². The lowest BCUT2D eigenvalue weighted by atomic mass is 10.0. The Hall–Kier alpha value is -1.32. The third-order valence-electron chi connectivity index (χ3n) is 9.49. The number of carbonyl (C=O) groups excluding carboxylic acids is 1. The molecule has 0 radical (unpaired) electrons. The molecule has 0 aromatic carbocycles. The molecule has 4 atom stereocenters. The number of unbranched alkanes of at least 4 members (excludes halogenated alkanes) is 22. The fourth-order valence-corrected chi connectivity index (χ4v) is 6.95. The normalized spacial score (nSPS) is 15.1. The van der Waals surface area contributed by atoms with Gasteiger partial charge in [0, 0.05) is 6.54 Å². The van der Waals surface area contributed by atoms with E-state index in [1.165, 1.54) is 116 Å². The highest BCUT2D eigenvalue weighted by atomic mass is 31.2. The number of aliphatic hydroxyl groups excluding tert-OH is 2. The van der Waals surface area contributed by atoms with Crippen molar-refractivity contribution in [2.24, 2.45) is 5.73 Å². The predicted molar refractivity (Wildman–Crippen MR) is 223 cm³/mol. The molecule has 0 saturated heterocycles. The summed E-state index contributed by atoms with van der Waals surface area (Å²) in [4.78, 5) is 22.7. The van der Waals surface area contributed by atoms with Gasteiger partial charge in [-0.15, -0.1) is 0 Å². The summed E-state index contributed by atoms with van der Waals surface area (Å²) in [5.41, 5.74) is 5.35. The fourth-order valence-electron chi connectivity index (χ4n) is 6.19. The van der Waals surface area contributed by atoms with Gasteiger partial charge < -0.3 is 26.2 Å². The van der Waals surface area contributed by atoms with Crippen molar-refractivity contribution in [3.05, 3.63) is 36.5 Å². The van der Waals surface area contributed by atoms with E-state index in [-0.39, 0.29) is 19.6 Å². The molecule has 312 valence electrons. The fraction of sp³-hybridized carbons (Fsp3) is 0.837. The Bertz CT molecular complexity index is 946. The van der Waals surface area contributed by atoms with E-state index in [0.717, 1.165) is 44.9 Å². The van der Waals surface area contributed by atoms with E-state index in [2.05, 4.69) is 43.5 Å². The van der Waals surface area contributed by atoms with Crippen LogP contribution in [0.5, 0.6) is 0 Å². The highest BCUT2D eigenvalue weighted by Crippen LogP contribution is 2.43. The number of nitrogens with two attached hydrogens (primary N) is 1. The molecule has 0 aliphatic heterocycles. The number of phosphoric ester groups is 1. The average molecular weight is 771 g/mol. The molecule has 0 bridgehead atoms. The molecule has 0 aliphatic rings. The number of carbonyl (C=O) groups is 1. The number of phosphoric acid groups is 1. The predicted octanol–water partition coefficient (Wildman–Crippen LogP) is 10.9. The molecule has 0 heterocycles. The molecule has 0 aromatic heterocycles. The van der Waals surface area contributed by atoms with Gasteiger partial charge in [0.2, 0.25) is 5.91 Å². The molecule has 6 N–H and O–H groups in total. The monoisotopic (exact) mass is 771 g/mol. The first-order valence-corrected chi connectivity index (χ1v) is 23.2. The van der Waals surface area contributed by atoms with Crippen LogP contribution in [0.4, 0.5) is 0 Å². The van der Waals surface area contributed by atoms with Crippen molar-refractivity contribution >= 4 is 13.7 Å². The summed E-state index contributed by atoms with van der Waals surface area (Å²) in [6.45, 7) is 3.94. The molecule has 1 amide bonds. The quantitative estimate of drug-likeness (QED) is 0.0235. The van der Waals surface area contributed by atoms with Gasteiger partial charge in [0.25, 0.3) is 0 Å². The van der Waals surface area contributed by atoms with Gasteiger partial charge in [0.1, 0.15) is 0 Å². The van der Waals surface area contributed by atoms with E-state index >= 15 is 0 Å². The van der Waals surface area contributed by atoms with Crippen LogP contribution in [0.2, 0.25) is 0 Å². The summed E-state index contributed by atoms with van der Waals surface area (Å²) in [6.07, 6.45) is 42.3. The second-order valence-corrected chi connectivity index (χ2v) is 16.2. The average Bonchev–Trinajstić information content (AvgIpc) is 3.13. The maximum absolute atomic E-state index is 12.8. The number of allylic oxidation sites excluding steroid dienone is 5. The van der Waals surface area contributed by atoms with E-state index in [1.807, 2.05) is 6.08 Å². The lowest BCUT2D eigenvalue weighted by Crippen LogP contribution is -2.46. The van der Waals surface area contributed by atoms with Crippen LogP contribution in [0.15, 0.2) is 36.5 Å². The minimum Gasteiger partial charge on any atom is -0.393 e. The minimum absolute atomic E-state index is 0.0433. The van der Waals surface area contributed by atoms with Crippen molar-refractivity contribution in [1.29, 1.82) is 0 Å². The van der Waals surface area contributed by atoms with E-state index in [4.69, 9.17) is 14.8 Å². The van der Waals surface area contributed by atoms with Crippen LogP contribution >= 0.6 is 7.82 Å². The van der Waals surface area contributed by atoms with Gasteiger partial charge in [-0.3, -0.25) is 13.8 Å². The number of hydrogen-bond donors (Lipinski definition) is 5. The minimum atomic E-state index is -4.41. The van der Waals surface area contributed by atoms with E-state index in [0.29, 0.717) is 12.8 Å². The first-order chi connectivity index (χ1) is 25.8. The van der Waals surface area contributed by atoms with Crippen molar-refractivity contribution in [1.82, 2.24) is 5.32 Å². The van der Waals surface area contributed by atoms with Crippen LogP contribution < -0.4 is 11.1 Å². The Kier molecular flexibility index (Phi) is 38.0. The zero-order valence-electron chi connectivity index (χ0n) is 34.1. The van der Waals surface area contributed by atoms with Gasteiger partial charge in [-0.25, -0.2) is 4.57 Å². The third-order valence-corrected chi connectivity index (χ3v) is 10.5. The summed E-state index contributed by atoms with van der Waals surface area (Å²) in [5, 5.41) is 24.0. The maximum Gasteiger partial charge on any atom is 0.472 e. The van der Waals surface area contributed by atoms with Crippen LogP contribution in [-0.2, 0) is 18.4 Å². The van der Waals surface area contributed by atoms with E-state index < -0.39 is 38.6 Å².